The van der Waals surface area contributed by atoms with Gasteiger partial charge in [0, 0.05) is 24.4 Å². The van der Waals surface area contributed by atoms with Gasteiger partial charge >= 0.3 is 0 Å². The molecule has 5 rings (SSSR count). The Morgan fingerprint density at radius 2 is 1.74 bits per heavy atom. The van der Waals surface area contributed by atoms with Crippen LogP contribution in [0.4, 0.5) is 0 Å². The normalized spacial score (nSPS) is 15.2. The van der Waals surface area contributed by atoms with Gasteiger partial charge in [0.05, 0.1) is 16.1 Å². The second kappa shape index (κ2) is 11.4. The van der Waals surface area contributed by atoms with Gasteiger partial charge in [-0.1, -0.05) is 60.1 Å². The van der Waals surface area contributed by atoms with Gasteiger partial charge in [-0.05, 0) is 68.1 Å². The van der Waals surface area contributed by atoms with Gasteiger partial charge in [0.2, 0.25) is 0 Å². The van der Waals surface area contributed by atoms with Gasteiger partial charge < -0.3 is 15.0 Å². The van der Waals surface area contributed by atoms with Crippen LogP contribution < -0.4 is 10.1 Å². The third kappa shape index (κ3) is 6.10. The van der Waals surface area contributed by atoms with Crippen molar-refractivity contribution < 1.29 is 14.3 Å². The SMILES string of the molecule is CC(NC(=O)c1csc(C2CCN(C(=O)C(C)(C)Oc3ccccc3Cl)CC2)n1)c1ccc2ccccc2c1. The third-order valence-corrected chi connectivity index (χ3v) is 8.54. The fourth-order valence-electron chi connectivity index (χ4n) is 4.97. The van der Waals surface area contributed by atoms with E-state index >= 15 is 0 Å². The van der Waals surface area contributed by atoms with Gasteiger partial charge in [-0.3, -0.25) is 9.59 Å². The molecule has 6 nitrogen and oxygen atoms in total. The molecule has 1 N–H and O–H groups in total. The molecule has 2 amide bonds. The van der Waals surface area contributed by atoms with Crippen LogP contribution >= 0.6 is 22.9 Å². The van der Waals surface area contributed by atoms with Gasteiger partial charge in [-0.25, -0.2) is 4.98 Å². The molecule has 1 aliphatic heterocycles. The lowest BCUT2D eigenvalue weighted by Crippen LogP contribution is -2.51. The van der Waals surface area contributed by atoms with E-state index in [0.717, 1.165) is 28.8 Å². The van der Waals surface area contributed by atoms with Crippen molar-refractivity contribution in [3.63, 3.8) is 0 Å². The molecule has 0 saturated carbocycles. The zero-order valence-electron chi connectivity index (χ0n) is 22.3. The van der Waals surface area contributed by atoms with Crippen LogP contribution in [0.25, 0.3) is 10.8 Å². The Labute approximate surface area is 238 Å². The first kappa shape index (κ1) is 27.2. The summed E-state index contributed by atoms with van der Waals surface area (Å²) in [6, 6.07) is 21.5. The van der Waals surface area contributed by atoms with Crippen LogP contribution in [0.1, 0.15) is 66.6 Å². The van der Waals surface area contributed by atoms with E-state index in [9.17, 15) is 9.59 Å². The lowest BCUT2D eigenvalue weighted by molar-refractivity contribution is -0.146. The first-order valence-electron chi connectivity index (χ1n) is 13.2. The van der Waals surface area contributed by atoms with E-state index in [0.29, 0.717) is 29.6 Å². The van der Waals surface area contributed by atoms with Crippen molar-refractivity contribution in [2.24, 2.45) is 0 Å². The molecular formula is C31H32ClN3O3S. The second-order valence-electron chi connectivity index (χ2n) is 10.5. The summed E-state index contributed by atoms with van der Waals surface area (Å²) in [6.07, 6.45) is 1.58. The number of aromatic nitrogens is 1. The molecule has 0 bridgehead atoms. The zero-order chi connectivity index (χ0) is 27.6. The number of carbonyl (C=O) groups is 2. The highest BCUT2D eigenvalue weighted by molar-refractivity contribution is 7.09. The van der Waals surface area contributed by atoms with Gasteiger partial charge in [0.25, 0.3) is 11.8 Å². The predicted octanol–water partition coefficient (Wildman–Crippen LogP) is 7.00. The Morgan fingerprint density at radius 1 is 1.05 bits per heavy atom. The third-order valence-electron chi connectivity index (χ3n) is 7.22. The van der Waals surface area contributed by atoms with E-state index in [-0.39, 0.29) is 23.8 Å². The molecule has 1 atom stereocenters. The van der Waals surface area contributed by atoms with Crippen molar-refractivity contribution in [1.82, 2.24) is 15.2 Å². The van der Waals surface area contributed by atoms with Crippen molar-refractivity contribution in [2.75, 3.05) is 13.1 Å². The Morgan fingerprint density at radius 3 is 2.49 bits per heavy atom. The smallest absolute Gasteiger partial charge is 0.271 e. The molecule has 1 saturated heterocycles. The molecule has 3 aromatic carbocycles. The first-order chi connectivity index (χ1) is 18.7. The highest BCUT2D eigenvalue weighted by Crippen LogP contribution is 2.33. The molecule has 1 fully saturated rings. The first-order valence-corrected chi connectivity index (χ1v) is 14.4. The van der Waals surface area contributed by atoms with E-state index in [2.05, 4.69) is 40.6 Å². The summed E-state index contributed by atoms with van der Waals surface area (Å²) in [5, 5.41) is 8.66. The van der Waals surface area contributed by atoms with Gasteiger partial charge in [0.15, 0.2) is 5.60 Å². The summed E-state index contributed by atoms with van der Waals surface area (Å²) in [5.41, 5.74) is 0.456. The molecule has 1 aromatic heterocycles. The number of likely N-dealkylation sites (tertiary alicyclic amines) is 1. The Kier molecular flexibility index (Phi) is 7.91. The van der Waals surface area contributed by atoms with Crippen molar-refractivity contribution >= 4 is 45.5 Å². The number of hydrogen-bond donors (Lipinski definition) is 1. The molecule has 0 aliphatic carbocycles. The molecule has 2 heterocycles. The number of nitrogens with one attached hydrogen (secondary N) is 1. The van der Waals surface area contributed by atoms with Crippen LogP contribution in [-0.4, -0.2) is 40.4 Å². The quantitative estimate of drug-likeness (QED) is 0.263. The second-order valence-corrected chi connectivity index (χ2v) is 11.8. The minimum Gasteiger partial charge on any atom is -0.476 e. The lowest BCUT2D eigenvalue weighted by Gasteiger charge is -2.36. The number of halogens is 1. The number of nitrogens with zero attached hydrogens (tertiary/aromatic N) is 2. The van der Waals surface area contributed by atoms with Crippen molar-refractivity contribution in [3.8, 4) is 5.75 Å². The van der Waals surface area contributed by atoms with Gasteiger partial charge in [-0.15, -0.1) is 11.3 Å². The number of para-hydroxylation sites is 1. The minimum atomic E-state index is -1.04. The number of piperidine rings is 1. The fraction of sp³-hybridized carbons (Fsp3) is 0.323. The average molecular weight is 562 g/mol. The fourth-order valence-corrected chi connectivity index (χ4v) is 6.11. The summed E-state index contributed by atoms with van der Waals surface area (Å²) in [6.45, 7) is 6.75. The standard InChI is InChI=1S/C31H32ClN3O3S/c1-20(23-13-12-21-8-4-5-9-24(21)18-23)33-28(36)26-19-39-29(34-26)22-14-16-35(17-15-22)30(37)31(2,3)38-27-11-7-6-10-25(27)32/h4-13,18-20,22H,14-17H2,1-3H3,(H,33,36). The number of benzene rings is 3. The number of carbonyl (C=O) groups excluding carboxylic acids is 2. The number of rotatable bonds is 7. The number of thiazole rings is 1. The van der Waals surface area contributed by atoms with E-state index in [1.165, 1.54) is 16.7 Å². The van der Waals surface area contributed by atoms with Gasteiger partial charge in [0.1, 0.15) is 11.4 Å². The number of amides is 2. The predicted molar refractivity (Wildman–Crippen MR) is 157 cm³/mol. The van der Waals surface area contributed by atoms with Crippen LogP contribution in [0.2, 0.25) is 5.02 Å². The van der Waals surface area contributed by atoms with Crippen LogP contribution in [0.5, 0.6) is 5.75 Å². The molecule has 8 heteroatoms. The summed E-state index contributed by atoms with van der Waals surface area (Å²) < 4.78 is 6.00. The maximum Gasteiger partial charge on any atom is 0.271 e. The molecule has 39 heavy (non-hydrogen) atoms. The average Bonchev–Trinajstić information content (AvgIpc) is 3.44. The Hall–Kier alpha value is -3.42. The van der Waals surface area contributed by atoms with Crippen molar-refractivity contribution in [2.45, 2.75) is 51.2 Å². The topological polar surface area (TPSA) is 71.5 Å². The monoisotopic (exact) mass is 561 g/mol. The van der Waals surface area contributed by atoms with Crippen LogP contribution in [-0.2, 0) is 4.79 Å². The summed E-state index contributed by atoms with van der Waals surface area (Å²) >= 11 is 7.74. The maximum absolute atomic E-state index is 13.3. The van der Waals surface area contributed by atoms with E-state index < -0.39 is 5.60 Å². The summed E-state index contributed by atoms with van der Waals surface area (Å²) in [7, 11) is 0. The summed E-state index contributed by atoms with van der Waals surface area (Å²) in [5.74, 6) is 0.467. The van der Waals surface area contributed by atoms with E-state index in [1.807, 2.05) is 41.5 Å². The number of fused-ring (bicyclic) bond motifs is 1. The van der Waals surface area contributed by atoms with Crippen molar-refractivity contribution in [1.29, 1.82) is 0 Å². The molecule has 4 aromatic rings. The Balaban J connectivity index is 1.16. The minimum absolute atomic E-state index is 0.0669. The molecular weight excluding hydrogens is 530 g/mol. The van der Waals surface area contributed by atoms with Crippen molar-refractivity contribution in [3.05, 3.63) is 93.4 Å². The number of hydrogen-bond acceptors (Lipinski definition) is 5. The van der Waals surface area contributed by atoms with Crippen LogP contribution in [0.3, 0.4) is 0 Å². The number of ether oxygens (including phenoxy) is 1. The molecule has 202 valence electrons. The van der Waals surface area contributed by atoms with Gasteiger partial charge in [-0.2, -0.15) is 0 Å². The molecule has 0 radical (unpaired) electrons. The highest BCUT2D eigenvalue weighted by Gasteiger charge is 2.37. The summed E-state index contributed by atoms with van der Waals surface area (Å²) in [4.78, 5) is 32.8. The lowest BCUT2D eigenvalue weighted by atomic mass is 9.96. The zero-order valence-corrected chi connectivity index (χ0v) is 23.9. The van der Waals surface area contributed by atoms with E-state index in [4.69, 9.17) is 16.3 Å². The maximum atomic E-state index is 13.3. The molecule has 0 spiro atoms. The largest absolute Gasteiger partial charge is 0.476 e. The molecule has 1 unspecified atom stereocenters. The van der Waals surface area contributed by atoms with Crippen LogP contribution in [0, 0.1) is 0 Å². The van der Waals surface area contributed by atoms with Crippen LogP contribution in [0.15, 0.2) is 72.1 Å². The van der Waals surface area contributed by atoms with E-state index in [1.54, 1.807) is 26.0 Å². The molecule has 1 aliphatic rings. The Bertz CT molecular complexity index is 1490. The highest BCUT2D eigenvalue weighted by atomic mass is 35.5.